The van der Waals surface area contributed by atoms with Gasteiger partial charge in [0.25, 0.3) is 0 Å². The lowest BCUT2D eigenvalue weighted by Crippen LogP contribution is -2.57. The summed E-state index contributed by atoms with van der Waals surface area (Å²) in [6.45, 7) is 1.62. The lowest BCUT2D eigenvalue weighted by atomic mass is 10.1. The van der Waals surface area contributed by atoms with Crippen LogP contribution in [0.4, 0.5) is 5.82 Å². The number of carbonyl (C=O) groups is 2. The Hall–Kier alpha value is -2.49. The molecule has 1 unspecified atom stereocenters. The maximum absolute atomic E-state index is 11.5. The maximum atomic E-state index is 11.5. The Labute approximate surface area is 97.0 Å². The summed E-state index contributed by atoms with van der Waals surface area (Å²) in [4.78, 5) is 24.2. The van der Waals surface area contributed by atoms with Gasteiger partial charge in [0.1, 0.15) is 12.1 Å². The van der Waals surface area contributed by atoms with E-state index in [4.69, 9.17) is 5.26 Å². The van der Waals surface area contributed by atoms with Crippen molar-refractivity contribution in [2.24, 2.45) is 0 Å². The maximum Gasteiger partial charge on any atom is 0.249 e. The highest BCUT2D eigenvalue weighted by molar-refractivity contribution is 6.04. The summed E-state index contributed by atoms with van der Waals surface area (Å²) in [5.41, 5.74) is 0.286. The van der Waals surface area contributed by atoms with Gasteiger partial charge in [-0.15, -0.1) is 5.10 Å². The van der Waals surface area contributed by atoms with Crippen LogP contribution in [0.25, 0.3) is 0 Å². The molecule has 1 fully saturated rings. The third-order valence-corrected chi connectivity index (χ3v) is 2.52. The first-order chi connectivity index (χ1) is 8.13. The minimum absolute atomic E-state index is 0.0136. The SMILES string of the molecule is CC1C(=O)NC(=O)CN1c1nnccc1C#N. The summed E-state index contributed by atoms with van der Waals surface area (Å²) in [6.07, 6.45) is 1.39. The topological polar surface area (TPSA) is 99.0 Å². The summed E-state index contributed by atoms with van der Waals surface area (Å²) in [6, 6.07) is 2.89. The second kappa shape index (κ2) is 4.17. The van der Waals surface area contributed by atoms with Gasteiger partial charge in [-0.3, -0.25) is 14.9 Å². The van der Waals surface area contributed by atoms with E-state index in [0.717, 1.165) is 0 Å². The molecule has 0 saturated carbocycles. The highest BCUT2D eigenvalue weighted by Crippen LogP contribution is 2.19. The summed E-state index contributed by atoms with van der Waals surface area (Å²) in [5.74, 6) is -0.566. The molecule has 0 aromatic carbocycles. The van der Waals surface area contributed by atoms with Gasteiger partial charge in [-0.25, -0.2) is 0 Å². The zero-order chi connectivity index (χ0) is 12.4. The number of piperazine rings is 1. The number of rotatable bonds is 1. The molecule has 0 bridgehead atoms. The number of hydrogen-bond donors (Lipinski definition) is 1. The standard InChI is InChI=1S/C10H9N5O2/c1-6-10(17)13-8(16)5-15(6)9-7(4-11)2-3-12-14-9/h2-3,6H,5H2,1H3,(H,13,16,17). The van der Waals surface area contributed by atoms with Crippen LogP contribution in [0.3, 0.4) is 0 Å². The van der Waals surface area contributed by atoms with Crippen molar-refractivity contribution >= 4 is 17.6 Å². The van der Waals surface area contributed by atoms with Crippen LogP contribution in [-0.2, 0) is 9.59 Å². The molecule has 1 aromatic rings. The van der Waals surface area contributed by atoms with E-state index in [-0.39, 0.29) is 17.9 Å². The van der Waals surface area contributed by atoms with Crippen LogP contribution in [0.15, 0.2) is 12.3 Å². The van der Waals surface area contributed by atoms with Crippen molar-refractivity contribution < 1.29 is 9.59 Å². The molecule has 1 saturated heterocycles. The van der Waals surface area contributed by atoms with E-state index in [1.54, 1.807) is 6.92 Å². The van der Waals surface area contributed by atoms with Gasteiger partial charge in [0.15, 0.2) is 5.82 Å². The number of anilines is 1. The summed E-state index contributed by atoms with van der Waals surface area (Å²) in [7, 11) is 0. The number of nitrogens with one attached hydrogen (secondary N) is 1. The van der Waals surface area contributed by atoms with Gasteiger partial charge in [0.2, 0.25) is 11.8 Å². The molecule has 17 heavy (non-hydrogen) atoms. The molecule has 1 aliphatic heterocycles. The Kier molecular flexibility index (Phi) is 2.70. The molecule has 7 heteroatoms. The number of imide groups is 1. The Bertz CT molecular complexity index is 522. The van der Waals surface area contributed by atoms with Crippen LogP contribution in [-0.4, -0.2) is 34.6 Å². The summed E-state index contributed by atoms with van der Waals surface area (Å²) in [5, 5.41) is 18.6. The quantitative estimate of drug-likeness (QED) is 0.635. The molecule has 0 aliphatic carbocycles. The second-order valence-electron chi connectivity index (χ2n) is 3.60. The number of carbonyl (C=O) groups excluding carboxylic acids is 2. The van der Waals surface area contributed by atoms with E-state index in [9.17, 15) is 9.59 Å². The van der Waals surface area contributed by atoms with E-state index < -0.39 is 17.9 Å². The molecule has 1 aromatic heterocycles. The molecule has 1 N–H and O–H groups in total. The van der Waals surface area contributed by atoms with E-state index in [2.05, 4.69) is 15.5 Å². The molecule has 1 aliphatic rings. The van der Waals surface area contributed by atoms with Crippen molar-refractivity contribution in [3.05, 3.63) is 17.8 Å². The summed E-state index contributed by atoms with van der Waals surface area (Å²) < 4.78 is 0. The molecule has 0 radical (unpaired) electrons. The van der Waals surface area contributed by atoms with Gasteiger partial charge >= 0.3 is 0 Å². The van der Waals surface area contributed by atoms with E-state index in [0.29, 0.717) is 0 Å². The number of amides is 2. The minimum atomic E-state index is -0.559. The molecule has 0 spiro atoms. The van der Waals surface area contributed by atoms with Crippen LogP contribution < -0.4 is 10.2 Å². The van der Waals surface area contributed by atoms with Crippen molar-refractivity contribution in [3.63, 3.8) is 0 Å². The highest BCUT2D eigenvalue weighted by Gasteiger charge is 2.32. The fraction of sp³-hybridized carbons (Fsp3) is 0.300. The molecule has 1 atom stereocenters. The third kappa shape index (κ3) is 1.92. The predicted molar refractivity (Wildman–Crippen MR) is 56.7 cm³/mol. The number of hydrogen-bond acceptors (Lipinski definition) is 6. The van der Waals surface area contributed by atoms with Gasteiger partial charge < -0.3 is 4.90 Å². The number of aromatic nitrogens is 2. The number of nitrogens with zero attached hydrogens (tertiary/aromatic N) is 4. The summed E-state index contributed by atoms with van der Waals surface area (Å²) >= 11 is 0. The minimum Gasteiger partial charge on any atom is -0.333 e. The first-order valence-electron chi connectivity index (χ1n) is 4.95. The predicted octanol–water partition coefficient (Wildman–Crippen LogP) is -0.800. The molecule has 7 nitrogen and oxygen atoms in total. The van der Waals surface area contributed by atoms with Crippen LogP contribution in [0.2, 0.25) is 0 Å². The fourth-order valence-corrected chi connectivity index (χ4v) is 1.60. The second-order valence-corrected chi connectivity index (χ2v) is 3.60. The number of nitriles is 1. The normalized spacial score (nSPS) is 19.8. The Balaban J connectivity index is 2.42. The third-order valence-electron chi connectivity index (χ3n) is 2.52. The van der Waals surface area contributed by atoms with Crippen molar-refractivity contribution in [3.8, 4) is 6.07 Å². The molecular weight excluding hydrogens is 222 g/mol. The van der Waals surface area contributed by atoms with Crippen molar-refractivity contribution in [2.45, 2.75) is 13.0 Å². The largest absolute Gasteiger partial charge is 0.333 e. The average molecular weight is 231 g/mol. The van der Waals surface area contributed by atoms with E-state index >= 15 is 0 Å². The lowest BCUT2D eigenvalue weighted by Gasteiger charge is -2.32. The average Bonchev–Trinajstić information content (AvgIpc) is 2.33. The first-order valence-corrected chi connectivity index (χ1v) is 4.95. The zero-order valence-corrected chi connectivity index (χ0v) is 9.04. The van der Waals surface area contributed by atoms with Crippen LogP contribution in [0.1, 0.15) is 12.5 Å². The Morgan fingerprint density at radius 2 is 2.35 bits per heavy atom. The smallest absolute Gasteiger partial charge is 0.249 e. The van der Waals surface area contributed by atoms with Gasteiger partial charge in [-0.05, 0) is 13.0 Å². The van der Waals surface area contributed by atoms with E-state index in [1.165, 1.54) is 17.2 Å². The van der Waals surface area contributed by atoms with Crippen molar-refractivity contribution in [2.75, 3.05) is 11.4 Å². The van der Waals surface area contributed by atoms with Crippen LogP contribution >= 0.6 is 0 Å². The van der Waals surface area contributed by atoms with Crippen molar-refractivity contribution in [1.29, 1.82) is 5.26 Å². The van der Waals surface area contributed by atoms with Crippen molar-refractivity contribution in [1.82, 2.24) is 15.5 Å². The Morgan fingerprint density at radius 3 is 3.06 bits per heavy atom. The Morgan fingerprint density at radius 1 is 1.59 bits per heavy atom. The van der Waals surface area contributed by atoms with E-state index in [1.807, 2.05) is 6.07 Å². The zero-order valence-electron chi connectivity index (χ0n) is 9.04. The first kappa shape index (κ1) is 11.0. The van der Waals surface area contributed by atoms with Gasteiger partial charge in [-0.2, -0.15) is 10.4 Å². The van der Waals surface area contributed by atoms with Gasteiger partial charge in [-0.1, -0.05) is 0 Å². The highest BCUT2D eigenvalue weighted by atomic mass is 16.2. The van der Waals surface area contributed by atoms with Gasteiger partial charge in [0, 0.05) is 0 Å². The molecule has 2 amide bonds. The molecule has 2 rings (SSSR count). The molecule has 2 heterocycles. The van der Waals surface area contributed by atoms with Crippen LogP contribution in [0, 0.1) is 11.3 Å². The molecular formula is C10H9N5O2. The molecule has 86 valence electrons. The monoisotopic (exact) mass is 231 g/mol. The fourth-order valence-electron chi connectivity index (χ4n) is 1.60. The van der Waals surface area contributed by atoms with Gasteiger partial charge in [0.05, 0.1) is 18.3 Å². The lowest BCUT2D eigenvalue weighted by molar-refractivity contribution is -0.132. The van der Waals surface area contributed by atoms with Crippen LogP contribution in [0.5, 0.6) is 0 Å².